The van der Waals surface area contributed by atoms with Gasteiger partial charge in [0.05, 0.1) is 42.5 Å². The van der Waals surface area contributed by atoms with E-state index in [1.165, 1.54) is 19.2 Å². The van der Waals surface area contributed by atoms with E-state index in [0.29, 0.717) is 25.1 Å². The van der Waals surface area contributed by atoms with Gasteiger partial charge in [-0.15, -0.1) is 0 Å². The number of hydrogen-bond acceptors (Lipinski definition) is 4. The van der Waals surface area contributed by atoms with E-state index < -0.39 is 11.7 Å². The third-order valence-electron chi connectivity index (χ3n) is 5.73. The van der Waals surface area contributed by atoms with E-state index in [0.717, 1.165) is 34.2 Å². The number of imidazole rings is 1. The lowest BCUT2D eigenvalue weighted by Crippen LogP contribution is -2.14. The van der Waals surface area contributed by atoms with Crippen LogP contribution in [0.4, 0.5) is 13.2 Å². The number of halogens is 3. The van der Waals surface area contributed by atoms with Crippen LogP contribution in [0, 0.1) is 0 Å². The minimum Gasteiger partial charge on any atom is -0.496 e. The molecule has 9 heteroatoms. The van der Waals surface area contributed by atoms with Crippen molar-refractivity contribution in [2.45, 2.75) is 32.0 Å². The van der Waals surface area contributed by atoms with Gasteiger partial charge in [-0.1, -0.05) is 0 Å². The standard InChI is InChI=1S/C23H21F3N4O2/c1-14-11-19-17(6-10-32-14)22(15-5-8-29-9-7-27-21(29)12-15)28-30(19)16-3-4-18(23(24,25)26)20(13-16)31-2/h3-5,7-9,12-14H,6,10-11H2,1-2H3/t14-/m1/s1. The van der Waals surface area contributed by atoms with Crippen molar-refractivity contribution in [3.05, 3.63) is 65.7 Å². The molecule has 0 radical (unpaired) electrons. The molecule has 1 aliphatic heterocycles. The third-order valence-corrected chi connectivity index (χ3v) is 5.73. The van der Waals surface area contributed by atoms with E-state index in [1.807, 2.05) is 35.9 Å². The van der Waals surface area contributed by atoms with Crippen LogP contribution < -0.4 is 4.74 Å². The maximum atomic E-state index is 13.3. The van der Waals surface area contributed by atoms with E-state index in [-0.39, 0.29) is 11.9 Å². The molecule has 0 saturated carbocycles. The molecule has 0 amide bonds. The molecule has 1 atom stereocenters. The number of pyridine rings is 1. The molecule has 4 heterocycles. The second-order valence-corrected chi connectivity index (χ2v) is 7.81. The SMILES string of the molecule is COc1cc(-n2nc(-c3ccn4ccnc4c3)c3c2C[C@@H](C)OCC3)ccc1C(F)(F)F. The fraction of sp³-hybridized carbons (Fsp3) is 0.304. The Hall–Kier alpha value is -3.33. The molecule has 6 nitrogen and oxygen atoms in total. The average Bonchev–Trinajstić information content (AvgIpc) is 3.32. The minimum absolute atomic E-state index is 0.0364. The summed E-state index contributed by atoms with van der Waals surface area (Å²) in [6, 6.07) is 7.76. The lowest BCUT2D eigenvalue weighted by Gasteiger charge is -2.15. The zero-order valence-corrected chi connectivity index (χ0v) is 17.6. The number of aromatic nitrogens is 4. The largest absolute Gasteiger partial charge is 0.496 e. The number of fused-ring (bicyclic) bond motifs is 2. The number of alkyl halides is 3. The van der Waals surface area contributed by atoms with Crippen LogP contribution in [-0.2, 0) is 23.8 Å². The van der Waals surface area contributed by atoms with Crippen molar-refractivity contribution in [3.63, 3.8) is 0 Å². The summed E-state index contributed by atoms with van der Waals surface area (Å²) < 4.78 is 54.6. The molecule has 5 rings (SSSR count). The highest BCUT2D eigenvalue weighted by molar-refractivity contribution is 5.69. The predicted octanol–water partition coefficient (Wildman–Crippen LogP) is 4.72. The first-order valence-corrected chi connectivity index (χ1v) is 10.3. The van der Waals surface area contributed by atoms with Crippen LogP contribution in [0.5, 0.6) is 5.75 Å². The zero-order chi connectivity index (χ0) is 22.5. The summed E-state index contributed by atoms with van der Waals surface area (Å²) in [5.41, 5.74) is 4.12. The number of benzene rings is 1. The van der Waals surface area contributed by atoms with E-state index in [9.17, 15) is 13.2 Å². The van der Waals surface area contributed by atoms with E-state index >= 15 is 0 Å². The Morgan fingerprint density at radius 2 is 2.00 bits per heavy atom. The maximum absolute atomic E-state index is 13.3. The molecular formula is C23H21F3N4O2. The van der Waals surface area contributed by atoms with Gasteiger partial charge < -0.3 is 13.9 Å². The van der Waals surface area contributed by atoms with Gasteiger partial charge in [-0.2, -0.15) is 18.3 Å². The summed E-state index contributed by atoms with van der Waals surface area (Å²) >= 11 is 0. The Kier molecular flexibility index (Phi) is 4.93. The van der Waals surface area contributed by atoms with Crippen LogP contribution >= 0.6 is 0 Å². The van der Waals surface area contributed by atoms with Gasteiger partial charge in [0.15, 0.2) is 0 Å². The van der Waals surface area contributed by atoms with Crippen molar-refractivity contribution < 1.29 is 22.6 Å². The highest BCUT2D eigenvalue weighted by Gasteiger charge is 2.35. The molecule has 0 spiro atoms. The van der Waals surface area contributed by atoms with Crippen molar-refractivity contribution >= 4 is 5.65 Å². The van der Waals surface area contributed by atoms with Gasteiger partial charge in [-0.05, 0) is 37.6 Å². The van der Waals surface area contributed by atoms with Gasteiger partial charge in [0, 0.05) is 42.2 Å². The first-order valence-electron chi connectivity index (χ1n) is 10.3. The zero-order valence-electron chi connectivity index (χ0n) is 17.6. The predicted molar refractivity (Wildman–Crippen MR) is 112 cm³/mol. The van der Waals surface area contributed by atoms with Crippen molar-refractivity contribution in [3.8, 4) is 22.7 Å². The lowest BCUT2D eigenvalue weighted by molar-refractivity contribution is -0.138. The number of hydrogen-bond donors (Lipinski definition) is 0. The van der Waals surface area contributed by atoms with Crippen LogP contribution in [0.25, 0.3) is 22.6 Å². The van der Waals surface area contributed by atoms with Crippen molar-refractivity contribution in [1.82, 2.24) is 19.2 Å². The van der Waals surface area contributed by atoms with Gasteiger partial charge in [-0.3, -0.25) is 0 Å². The molecule has 166 valence electrons. The Labute approximate surface area is 182 Å². The van der Waals surface area contributed by atoms with Crippen LogP contribution in [0.1, 0.15) is 23.7 Å². The van der Waals surface area contributed by atoms with E-state index in [1.54, 1.807) is 10.9 Å². The Bertz CT molecular complexity index is 1290. The summed E-state index contributed by atoms with van der Waals surface area (Å²) in [4.78, 5) is 4.35. The highest BCUT2D eigenvalue weighted by atomic mass is 19.4. The Morgan fingerprint density at radius 1 is 1.16 bits per heavy atom. The van der Waals surface area contributed by atoms with Crippen LogP contribution in [0.3, 0.4) is 0 Å². The number of methoxy groups -OCH3 is 1. The number of rotatable bonds is 3. The van der Waals surface area contributed by atoms with Crippen LogP contribution in [0.15, 0.2) is 48.9 Å². The molecule has 0 bridgehead atoms. The van der Waals surface area contributed by atoms with Gasteiger partial charge in [0.25, 0.3) is 0 Å². The quantitative estimate of drug-likeness (QED) is 0.461. The third kappa shape index (κ3) is 3.52. The molecule has 0 saturated heterocycles. The van der Waals surface area contributed by atoms with Gasteiger partial charge in [0.1, 0.15) is 11.4 Å². The summed E-state index contributed by atoms with van der Waals surface area (Å²) in [5.74, 6) is -0.238. The molecule has 0 unspecified atom stereocenters. The summed E-state index contributed by atoms with van der Waals surface area (Å²) in [7, 11) is 1.24. The van der Waals surface area contributed by atoms with Crippen molar-refractivity contribution in [2.24, 2.45) is 0 Å². The fourth-order valence-electron chi connectivity index (χ4n) is 4.20. The first kappa shape index (κ1) is 20.6. The van der Waals surface area contributed by atoms with Crippen LogP contribution in [-0.4, -0.2) is 39.0 Å². The molecule has 32 heavy (non-hydrogen) atoms. The molecule has 0 aliphatic carbocycles. The molecule has 0 N–H and O–H groups in total. The minimum atomic E-state index is -4.50. The summed E-state index contributed by atoms with van der Waals surface area (Å²) in [5, 5.41) is 4.85. The second-order valence-electron chi connectivity index (χ2n) is 7.81. The molecule has 4 aromatic rings. The smallest absolute Gasteiger partial charge is 0.419 e. The van der Waals surface area contributed by atoms with Crippen molar-refractivity contribution in [2.75, 3.05) is 13.7 Å². The fourth-order valence-corrected chi connectivity index (χ4v) is 4.20. The topological polar surface area (TPSA) is 53.6 Å². The highest BCUT2D eigenvalue weighted by Crippen LogP contribution is 2.38. The summed E-state index contributed by atoms with van der Waals surface area (Å²) in [6.45, 7) is 2.53. The monoisotopic (exact) mass is 442 g/mol. The first-order chi connectivity index (χ1) is 15.3. The molecule has 3 aromatic heterocycles. The number of ether oxygens (including phenoxy) is 2. The average molecular weight is 442 g/mol. The van der Waals surface area contributed by atoms with Gasteiger partial charge in [-0.25, -0.2) is 9.67 Å². The Balaban J connectivity index is 1.69. The van der Waals surface area contributed by atoms with Gasteiger partial charge in [0.2, 0.25) is 0 Å². The number of nitrogens with zero attached hydrogens (tertiary/aromatic N) is 4. The normalized spacial score (nSPS) is 16.7. The summed E-state index contributed by atoms with van der Waals surface area (Å²) in [6.07, 6.45) is 2.22. The molecule has 0 fully saturated rings. The van der Waals surface area contributed by atoms with E-state index in [2.05, 4.69) is 4.98 Å². The van der Waals surface area contributed by atoms with Gasteiger partial charge >= 0.3 is 6.18 Å². The molecule has 1 aliphatic rings. The lowest BCUT2D eigenvalue weighted by atomic mass is 10.0. The molecule has 1 aromatic carbocycles. The van der Waals surface area contributed by atoms with Crippen LogP contribution in [0.2, 0.25) is 0 Å². The van der Waals surface area contributed by atoms with Crippen molar-refractivity contribution in [1.29, 1.82) is 0 Å². The maximum Gasteiger partial charge on any atom is 0.419 e. The molecular weight excluding hydrogens is 421 g/mol. The Morgan fingerprint density at radius 3 is 2.78 bits per heavy atom. The van der Waals surface area contributed by atoms with E-state index in [4.69, 9.17) is 14.6 Å². The second kappa shape index (κ2) is 7.67.